The first kappa shape index (κ1) is 12.7. The first-order valence-corrected chi connectivity index (χ1v) is 6.64. The average molecular weight is 282 g/mol. The summed E-state index contributed by atoms with van der Waals surface area (Å²) in [6, 6.07) is 22.6. The molecule has 0 heterocycles. The molecule has 0 radical (unpaired) electrons. The van der Waals surface area contributed by atoms with Gasteiger partial charge < -0.3 is 0 Å². The molecule has 0 fully saturated rings. The molecule has 0 saturated heterocycles. The van der Waals surface area contributed by atoms with E-state index in [1.54, 1.807) is 12.1 Å². The number of amides is 1. The summed E-state index contributed by atoms with van der Waals surface area (Å²) in [6.07, 6.45) is 0. The number of hydrogen-bond donors (Lipinski definition) is 0. The Balaban J connectivity index is 2.05. The molecule has 1 amide bonds. The molecule has 98 valence electrons. The van der Waals surface area contributed by atoms with Gasteiger partial charge in [-0.3, -0.25) is 4.79 Å². The van der Waals surface area contributed by atoms with Gasteiger partial charge in [-0.05, 0) is 23.6 Å². The summed E-state index contributed by atoms with van der Waals surface area (Å²) in [5.74, 6) is -0.233. The molecule has 3 heteroatoms. The lowest BCUT2D eigenvalue weighted by molar-refractivity contribution is 0.101. The van der Waals surface area contributed by atoms with Crippen molar-refractivity contribution in [1.29, 1.82) is 0 Å². The molecule has 0 bridgehead atoms. The quantitative estimate of drug-likeness (QED) is 0.627. The number of nitrogens with zero attached hydrogens (tertiary/aromatic N) is 1. The van der Waals surface area contributed by atoms with Crippen LogP contribution in [0, 0.1) is 0 Å². The van der Waals surface area contributed by atoms with Crippen molar-refractivity contribution in [2.75, 3.05) is 4.42 Å². The smallest absolute Gasteiger partial charge is 0.267 e. The molecule has 0 saturated carbocycles. The monoisotopic (exact) mass is 281 g/mol. The normalized spacial score (nSPS) is 10.4. The second-order valence-electron chi connectivity index (χ2n) is 4.45. The average Bonchev–Trinajstić information content (AvgIpc) is 2.54. The van der Waals surface area contributed by atoms with Crippen LogP contribution < -0.4 is 4.42 Å². The van der Waals surface area contributed by atoms with E-state index in [-0.39, 0.29) is 5.91 Å². The third kappa shape index (κ3) is 2.26. The van der Waals surface area contributed by atoms with E-state index in [0.29, 0.717) is 11.3 Å². The van der Waals surface area contributed by atoms with E-state index in [2.05, 4.69) is 0 Å². The fraction of sp³-hybridized carbons (Fsp3) is 0. The van der Waals surface area contributed by atoms with Crippen LogP contribution in [0.25, 0.3) is 10.8 Å². The van der Waals surface area contributed by atoms with Crippen molar-refractivity contribution < 1.29 is 4.79 Å². The van der Waals surface area contributed by atoms with Crippen LogP contribution in [-0.2, 0) is 0 Å². The number of benzene rings is 3. The van der Waals surface area contributed by atoms with Gasteiger partial charge in [0, 0.05) is 22.7 Å². The van der Waals surface area contributed by atoms with Crippen LogP contribution in [0.1, 0.15) is 10.4 Å². The van der Waals surface area contributed by atoms with Crippen molar-refractivity contribution in [2.45, 2.75) is 0 Å². The number of hydrogen-bond acceptors (Lipinski definition) is 1. The van der Waals surface area contributed by atoms with E-state index in [0.717, 1.165) is 10.8 Å². The zero-order chi connectivity index (χ0) is 13.9. The van der Waals surface area contributed by atoms with E-state index >= 15 is 0 Å². The molecule has 0 aliphatic carbocycles. The molecular weight excluding hydrogens is 270 g/mol. The van der Waals surface area contributed by atoms with Crippen molar-refractivity contribution in [3.8, 4) is 0 Å². The summed E-state index contributed by atoms with van der Waals surface area (Å²) < 4.78 is 1.18. The minimum absolute atomic E-state index is 0.233. The lowest BCUT2D eigenvalue weighted by Gasteiger charge is -2.16. The van der Waals surface area contributed by atoms with Gasteiger partial charge in [-0.25, -0.2) is 4.42 Å². The lowest BCUT2D eigenvalue weighted by Crippen LogP contribution is -2.20. The topological polar surface area (TPSA) is 20.3 Å². The largest absolute Gasteiger partial charge is 0.272 e. The van der Waals surface area contributed by atoms with Crippen molar-refractivity contribution in [2.24, 2.45) is 0 Å². The standard InChI is InChI=1S/C17H12ClNO/c18-19(17(20)14-8-2-1-3-9-14)16-12-6-10-13-7-4-5-11-15(13)16/h1-12H. The van der Waals surface area contributed by atoms with Crippen molar-refractivity contribution >= 4 is 34.1 Å². The Hall–Kier alpha value is -2.32. The minimum atomic E-state index is -0.233. The van der Waals surface area contributed by atoms with Crippen molar-refractivity contribution in [1.82, 2.24) is 0 Å². The van der Waals surface area contributed by atoms with Crippen LogP contribution in [0.15, 0.2) is 72.8 Å². The summed E-state index contributed by atoms with van der Waals surface area (Å²) >= 11 is 6.25. The molecule has 2 nitrogen and oxygen atoms in total. The van der Waals surface area contributed by atoms with Crippen LogP contribution in [-0.4, -0.2) is 5.91 Å². The van der Waals surface area contributed by atoms with Crippen LogP contribution in [0.2, 0.25) is 0 Å². The highest BCUT2D eigenvalue weighted by Crippen LogP contribution is 2.29. The van der Waals surface area contributed by atoms with Gasteiger partial charge >= 0.3 is 0 Å². The number of carbonyl (C=O) groups excluding carboxylic acids is 1. The Morgan fingerprint density at radius 2 is 1.45 bits per heavy atom. The zero-order valence-corrected chi connectivity index (χ0v) is 11.4. The first-order valence-electron chi connectivity index (χ1n) is 6.30. The van der Waals surface area contributed by atoms with Gasteiger partial charge in [-0.2, -0.15) is 0 Å². The Morgan fingerprint density at radius 1 is 0.800 bits per heavy atom. The van der Waals surface area contributed by atoms with E-state index in [9.17, 15) is 4.79 Å². The Bertz CT molecular complexity index is 750. The molecule has 0 spiro atoms. The predicted octanol–water partition coefficient (Wildman–Crippen LogP) is 4.64. The second kappa shape index (κ2) is 5.35. The summed E-state index contributed by atoms with van der Waals surface area (Å²) in [7, 11) is 0. The highest BCUT2D eigenvalue weighted by molar-refractivity contribution is 6.40. The van der Waals surface area contributed by atoms with Crippen molar-refractivity contribution in [3.05, 3.63) is 78.4 Å². The fourth-order valence-corrected chi connectivity index (χ4v) is 2.43. The number of fused-ring (bicyclic) bond motifs is 1. The molecule has 20 heavy (non-hydrogen) atoms. The summed E-state index contributed by atoms with van der Waals surface area (Å²) in [5.41, 5.74) is 1.26. The number of carbonyl (C=O) groups is 1. The maximum absolute atomic E-state index is 12.4. The second-order valence-corrected chi connectivity index (χ2v) is 4.79. The minimum Gasteiger partial charge on any atom is -0.267 e. The number of rotatable bonds is 2. The van der Waals surface area contributed by atoms with Gasteiger partial charge in [0.25, 0.3) is 5.91 Å². The molecule has 3 rings (SSSR count). The SMILES string of the molecule is O=C(c1ccccc1)N(Cl)c1cccc2ccccc12. The Morgan fingerprint density at radius 3 is 2.25 bits per heavy atom. The zero-order valence-electron chi connectivity index (χ0n) is 10.7. The number of anilines is 1. The molecule has 3 aromatic carbocycles. The summed E-state index contributed by atoms with van der Waals surface area (Å²) in [4.78, 5) is 12.4. The maximum atomic E-state index is 12.4. The van der Waals surface area contributed by atoms with Gasteiger partial charge in [-0.15, -0.1) is 0 Å². The van der Waals surface area contributed by atoms with E-state index < -0.39 is 0 Å². The van der Waals surface area contributed by atoms with E-state index in [4.69, 9.17) is 11.8 Å². The van der Waals surface area contributed by atoms with Gasteiger partial charge in [0.2, 0.25) is 0 Å². The highest BCUT2D eigenvalue weighted by Gasteiger charge is 2.17. The van der Waals surface area contributed by atoms with Crippen LogP contribution >= 0.6 is 11.8 Å². The summed E-state index contributed by atoms with van der Waals surface area (Å²) in [6.45, 7) is 0. The van der Waals surface area contributed by atoms with Crippen molar-refractivity contribution in [3.63, 3.8) is 0 Å². The number of halogens is 1. The molecule has 0 aromatic heterocycles. The molecule has 0 N–H and O–H groups in total. The predicted molar refractivity (Wildman–Crippen MR) is 83.1 cm³/mol. The lowest BCUT2D eigenvalue weighted by atomic mass is 10.1. The molecule has 0 aliphatic heterocycles. The Kier molecular flexibility index (Phi) is 3.40. The van der Waals surface area contributed by atoms with Gasteiger partial charge in [0.1, 0.15) is 0 Å². The maximum Gasteiger partial charge on any atom is 0.272 e. The highest BCUT2D eigenvalue weighted by atomic mass is 35.5. The fourth-order valence-electron chi connectivity index (χ4n) is 2.18. The third-order valence-electron chi connectivity index (χ3n) is 3.18. The first-order chi connectivity index (χ1) is 9.77. The molecular formula is C17H12ClNO. The van der Waals surface area contributed by atoms with Gasteiger partial charge in [-0.1, -0.05) is 54.6 Å². The van der Waals surface area contributed by atoms with Gasteiger partial charge in [0.15, 0.2) is 0 Å². The van der Waals surface area contributed by atoms with E-state index in [1.807, 2.05) is 60.7 Å². The van der Waals surface area contributed by atoms with Crippen LogP contribution in [0.5, 0.6) is 0 Å². The van der Waals surface area contributed by atoms with Gasteiger partial charge in [0.05, 0.1) is 5.69 Å². The molecule has 0 atom stereocenters. The summed E-state index contributed by atoms with van der Waals surface area (Å²) in [5, 5.41) is 2.01. The van der Waals surface area contributed by atoms with E-state index in [1.165, 1.54) is 4.42 Å². The third-order valence-corrected chi connectivity index (χ3v) is 3.51. The molecule has 3 aromatic rings. The van der Waals surface area contributed by atoms with Crippen LogP contribution in [0.4, 0.5) is 5.69 Å². The Labute approximate surface area is 122 Å². The molecule has 0 aliphatic rings. The van der Waals surface area contributed by atoms with Crippen LogP contribution in [0.3, 0.4) is 0 Å². The molecule has 0 unspecified atom stereocenters.